The van der Waals surface area contributed by atoms with Crippen molar-refractivity contribution >= 4 is 72.9 Å². The molecular formula is C54H37NS. The summed E-state index contributed by atoms with van der Waals surface area (Å²) in [6.45, 7) is 0. The first-order chi connectivity index (χ1) is 27.8. The highest BCUT2D eigenvalue weighted by Crippen LogP contribution is 2.49. The zero-order chi connectivity index (χ0) is 37.3. The largest absolute Gasteiger partial charge is 0.309 e. The number of nitrogens with zero attached hydrogens (tertiary/aromatic N) is 1. The van der Waals surface area contributed by atoms with E-state index < -0.39 is 0 Å². The Morgan fingerprint density at radius 1 is 0.339 bits per heavy atom. The summed E-state index contributed by atoms with van der Waals surface area (Å²) < 4.78 is 0. The smallest absolute Gasteiger partial charge is 0.0618 e. The van der Waals surface area contributed by atoms with Crippen LogP contribution in [0.2, 0.25) is 0 Å². The Kier molecular flexibility index (Phi) is 8.79. The van der Waals surface area contributed by atoms with Crippen molar-refractivity contribution in [3.63, 3.8) is 0 Å². The minimum absolute atomic E-state index is 1.11. The Labute approximate surface area is 331 Å². The molecule has 0 amide bonds. The molecular weight excluding hydrogens is 695 g/mol. The lowest BCUT2D eigenvalue weighted by molar-refractivity contribution is 1.31. The molecule has 0 atom stereocenters. The number of anilines is 3. The maximum Gasteiger partial charge on any atom is 0.0618 e. The Bertz CT molecular complexity index is 2950. The molecule has 0 aliphatic rings. The second-order valence-electron chi connectivity index (χ2n) is 14.1. The fourth-order valence-corrected chi connectivity index (χ4v) is 8.96. The molecule has 0 aliphatic carbocycles. The van der Waals surface area contributed by atoms with Gasteiger partial charge >= 0.3 is 0 Å². The molecule has 264 valence electrons. The molecule has 2 heteroatoms. The zero-order valence-electron chi connectivity index (χ0n) is 30.7. The molecule has 1 nitrogen and oxygen atoms in total. The summed E-state index contributed by atoms with van der Waals surface area (Å²) in [5.74, 6) is 0. The van der Waals surface area contributed by atoms with E-state index in [0.29, 0.717) is 0 Å². The number of benzene rings is 9. The third-order valence-electron chi connectivity index (χ3n) is 10.6. The van der Waals surface area contributed by atoms with Gasteiger partial charge in [-0.3, -0.25) is 0 Å². The first-order valence-electron chi connectivity index (χ1n) is 19.1. The quantitative estimate of drug-likeness (QED) is 0.111. The van der Waals surface area contributed by atoms with Gasteiger partial charge in [0, 0.05) is 31.9 Å². The maximum atomic E-state index is 2.46. The van der Waals surface area contributed by atoms with Gasteiger partial charge < -0.3 is 4.90 Å². The third kappa shape index (κ3) is 6.36. The minimum atomic E-state index is 1.11. The van der Waals surface area contributed by atoms with Crippen molar-refractivity contribution in [1.82, 2.24) is 0 Å². The summed E-state index contributed by atoms with van der Waals surface area (Å²) in [5, 5.41) is 7.30. The molecule has 0 aliphatic heterocycles. The summed E-state index contributed by atoms with van der Waals surface area (Å²) in [5.41, 5.74) is 10.7. The molecule has 0 N–H and O–H groups in total. The topological polar surface area (TPSA) is 3.24 Å². The highest BCUT2D eigenvalue weighted by Gasteiger charge is 2.22. The molecule has 0 fully saturated rings. The van der Waals surface area contributed by atoms with Gasteiger partial charge in [0.05, 0.1) is 5.69 Å². The lowest BCUT2D eigenvalue weighted by Crippen LogP contribution is -2.11. The Morgan fingerprint density at radius 2 is 0.857 bits per heavy atom. The van der Waals surface area contributed by atoms with Crippen LogP contribution in [0.5, 0.6) is 0 Å². The van der Waals surface area contributed by atoms with E-state index >= 15 is 0 Å². The average molecular weight is 732 g/mol. The molecule has 0 saturated heterocycles. The van der Waals surface area contributed by atoms with E-state index in [-0.39, 0.29) is 0 Å². The van der Waals surface area contributed by atoms with Gasteiger partial charge in [0.15, 0.2) is 0 Å². The van der Waals surface area contributed by atoms with Gasteiger partial charge in [0.1, 0.15) is 0 Å². The summed E-state index contributed by atoms with van der Waals surface area (Å²) in [4.78, 5) is 5.00. The number of hydrogen-bond acceptors (Lipinski definition) is 2. The van der Waals surface area contributed by atoms with Crippen molar-refractivity contribution in [2.75, 3.05) is 4.90 Å². The van der Waals surface area contributed by atoms with Crippen LogP contribution in [0.15, 0.2) is 212 Å². The van der Waals surface area contributed by atoms with Crippen molar-refractivity contribution in [3.05, 3.63) is 223 Å². The fraction of sp³-hybridized carbons (Fsp3) is 0. The summed E-state index contributed by atoms with van der Waals surface area (Å²) >= 11 is 1.84. The summed E-state index contributed by atoms with van der Waals surface area (Å²) in [6, 6.07) is 77.0. The Balaban J connectivity index is 1.15. The number of hydrogen-bond donors (Lipinski definition) is 0. The van der Waals surface area contributed by atoms with E-state index in [2.05, 4.69) is 229 Å². The summed E-state index contributed by atoms with van der Waals surface area (Å²) in [6.07, 6.45) is 4.36. The van der Waals surface area contributed by atoms with Gasteiger partial charge in [-0.25, -0.2) is 0 Å². The highest BCUT2D eigenvalue weighted by atomic mass is 32.1. The number of rotatable bonds is 8. The predicted molar refractivity (Wildman–Crippen MR) is 243 cm³/mol. The van der Waals surface area contributed by atoms with Gasteiger partial charge in [-0.1, -0.05) is 182 Å². The maximum absolute atomic E-state index is 2.46. The molecule has 10 rings (SSSR count). The van der Waals surface area contributed by atoms with Crippen LogP contribution in [0.1, 0.15) is 11.1 Å². The van der Waals surface area contributed by atoms with Gasteiger partial charge in [0.2, 0.25) is 0 Å². The van der Waals surface area contributed by atoms with Gasteiger partial charge in [-0.2, -0.15) is 0 Å². The van der Waals surface area contributed by atoms with E-state index in [9.17, 15) is 0 Å². The van der Waals surface area contributed by atoms with Crippen molar-refractivity contribution in [2.24, 2.45) is 0 Å². The molecule has 10 aromatic rings. The number of fused-ring (bicyclic) bond motifs is 3. The Hall–Kier alpha value is -7.00. The molecule has 9 aromatic carbocycles. The first-order valence-corrected chi connectivity index (χ1v) is 19.9. The van der Waals surface area contributed by atoms with Crippen LogP contribution < -0.4 is 4.90 Å². The average Bonchev–Trinajstić information content (AvgIpc) is 3.78. The molecule has 0 unspecified atom stereocenters. The molecule has 56 heavy (non-hydrogen) atoms. The standard InChI is InChI=1S/C54H37NS/c1-3-14-38(15-4-1)26-27-39-28-31-45(32-29-39)55(46-33-30-40-16-7-8-19-42(40)37-46)54-49-24-11-9-22-47(49)53(48-23-10-12-25-50(48)54)44-21-13-20-43(36-44)52-35-34-51(56-52)41-17-5-2-6-18-41/h1-37H. The normalized spacial score (nSPS) is 11.5. The fourth-order valence-electron chi connectivity index (χ4n) is 7.95. The van der Waals surface area contributed by atoms with Crippen LogP contribution in [-0.4, -0.2) is 0 Å². The molecule has 0 spiro atoms. The predicted octanol–water partition coefficient (Wildman–Crippen LogP) is 15.8. The number of thiophene rings is 1. The van der Waals surface area contributed by atoms with Crippen molar-refractivity contribution < 1.29 is 0 Å². The molecule has 0 saturated carbocycles. The second-order valence-corrected chi connectivity index (χ2v) is 15.2. The minimum Gasteiger partial charge on any atom is -0.309 e. The molecule has 1 heterocycles. The van der Waals surface area contributed by atoms with Crippen LogP contribution in [0.4, 0.5) is 17.1 Å². The SMILES string of the molecule is C(=Cc1ccc(N(c2ccc3ccccc3c2)c2c3ccccc3c(-c3cccc(-c4ccc(-c5ccccc5)s4)c3)c3ccccc23)cc1)c1ccccc1. The van der Waals surface area contributed by atoms with Crippen molar-refractivity contribution in [3.8, 4) is 32.0 Å². The van der Waals surface area contributed by atoms with Crippen LogP contribution in [0.3, 0.4) is 0 Å². The lowest BCUT2D eigenvalue weighted by Gasteiger charge is -2.30. The van der Waals surface area contributed by atoms with Gasteiger partial charge in [-0.15, -0.1) is 11.3 Å². The van der Waals surface area contributed by atoms with Crippen molar-refractivity contribution in [2.45, 2.75) is 0 Å². The summed E-state index contributed by atoms with van der Waals surface area (Å²) in [7, 11) is 0. The van der Waals surface area contributed by atoms with Crippen LogP contribution in [-0.2, 0) is 0 Å². The Morgan fingerprint density at radius 3 is 1.55 bits per heavy atom. The van der Waals surface area contributed by atoms with Crippen LogP contribution in [0, 0.1) is 0 Å². The van der Waals surface area contributed by atoms with E-state index in [1.165, 1.54) is 75.6 Å². The zero-order valence-corrected chi connectivity index (χ0v) is 31.5. The van der Waals surface area contributed by atoms with E-state index in [1.54, 1.807) is 0 Å². The highest BCUT2D eigenvalue weighted by molar-refractivity contribution is 7.18. The van der Waals surface area contributed by atoms with E-state index in [0.717, 1.165) is 16.9 Å². The van der Waals surface area contributed by atoms with Gasteiger partial charge in [-0.05, 0) is 97.4 Å². The monoisotopic (exact) mass is 731 g/mol. The van der Waals surface area contributed by atoms with E-state index in [1.807, 2.05) is 11.3 Å². The molecule has 0 bridgehead atoms. The molecule has 1 aromatic heterocycles. The van der Waals surface area contributed by atoms with Crippen molar-refractivity contribution in [1.29, 1.82) is 0 Å². The van der Waals surface area contributed by atoms with Gasteiger partial charge in [0.25, 0.3) is 0 Å². The van der Waals surface area contributed by atoms with Crippen LogP contribution >= 0.6 is 11.3 Å². The van der Waals surface area contributed by atoms with Crippen LogP contribution in [0.25, 0.3) is 76.5 Å². The first kappa shape index (κ1) is 33.6. The molecule has 0 radical (unpaired) electrons. The lowest BCUT2D eigenvalue weighted by atomic mass is 9.89. The second kappa shape index (κ2) is 14.7. The van der Waals surface area contributed by atoms with E-state index in [4.69, 9.17) is 0 Å². The third-order valence-corrected chi connectivity index (χ3v) is 11.8.